The van der Waals surface area contributed by atoms with E-state index in [1.165, 1.54) is 0 Å². The molecule has 0 bridgehead atoms. The van der Waals surface area contributed by atoms with Gasteiger partial charge in [0.1, 0.15) is 16.7 Å². The Balaban J connectivity index is 2.53. The third-order valence-corrected chi connectivity index (χ3v) is 4.42. The van der Waals surface area contributed by atoms with Crippen molar-refractivity contribution in [2.75, 3.05) is 6.61 Å². The summed E-state index contributed by atoms with van der Waals surface area (Å²) in [6.07, 6.45) is -4.88. The van der Waals surface area contributed by atoms with E-state index >= 15 is 0 Å². The predicted molar refractivity (Wildman–Crippen MR) is 92.7 cm³/mol. The minimum Gasteiger partial charge on any atom is -0.461 e. The van der Waals surface area contributed by atoms with Gasteiger partial charge in [-0.25, -0.2) is 18.6 Å². The van der Waals surface area contributed by atoms with Crippen molar-refractivity contribution in [3.63, 3.8) is 0 Å². The maximum absolute atomic E-state index is 14.7. The first-order valence-corrected chi connectivity index (χ1v) is 8.88. The van der Waals surface area contributed by atoms with Crippen LogP contribution >= 0.6 is 11.6 Å². The standard InChI is InChI=1S/C18H18ClF5N2O2/c1-4-13-25-14(17(27)28-5-2)16(19)26(13)15-11(20)7-10(8-12(15)21)6-9(3)18(22,23)24/h7-9H,4-6H2,1-3H3. The molecule has 1 aromatic carbocycles. The summed E-state index contributed by atoms with van der Waals surface area (Å²) in [5, 5.41) is -0.343. The third kappa shape index (κ3) is 4.45. The molecule has 0 fully saturated rings. The topological polar surface area (TPSA) is 44.1 Å². The van der Waals surface area contributed by atoms with Crippen LogP contribution in [-0.2, 0) is 17.6 Å². The van der Waals surface area contributed by atoms with E-state index in [0.29, 0.717) is 0 Å². The number of carbonyl (C=O) groups excluding carboxylic acids is 1. The average Bonchev–Trinajstić information content (AvgIpc) is 2.90. The van der Waals surface area contributed by atoms with E-state index < -0.39 is 41.8 Å². The van der Waals surface area contributed by atoms with Gasteiger partial charge in [0, 0.05) is 6.42 Å². The Hall–Kier alpha value is -2.16. The lowest BCUT2D eigenvalue weighted by Crippen LogP contribution is -2.22. The van der Waals surface area contributed by atoms with E-state index in [9.17, 15) is 26.7 Å². The van der Waals surface area contributed by atoms with Gasteiger partial charge in [0.2, 0.25) is 0 Å². The highest BCUT2D eigenvalue weighted by atomic mass is 35.5. The summed E-state index contributed by atoms with van der Waals surface area (Å²) >= 11 is 6.12. The number of ether oxygens (including phenoxy) is 1. The van der Waals surface area contributed by atoms with E-state index in [0.717, 1.165) is 23.6 Å². The predicted octanol–water partition coefficient (Wildman–Crippen LogP) is 5.28. The second-order valence-corrected chi connectivity index (χ2v) is 6.49. The summed E-state index contributed by atoms with van der Waals surface area (Å²) in [4.78, 5) is 15.9. The molecule has 0 aliphatic rings. The first-order chi connectivity index (χ1) is 13.0. The molecule has 0 saturated carbocycles. The highest BCUT2D eigenvalue weighted by Gasteiger charge is 2.36. The van der Waals surface area contributed by atoms with Crippen molar-refractivity contribution in [3.05, 3.63) is 46.0 Å². The number of aryl methyl sites for hydroxylation is 1. The summed E-state index contributed by atoms with van der Waals surface area (Å²) in [5.41, 5.74) is -1.06. The van der Waals surface area contributed by atoms with Crippen molar-refractivity contribution in [1.29, 1.82) is 0 Å². The van der Waals surface area contributed by atoms with Gasteiger partial charge in [-0.05, 0) is 31.0 Å². The molecule has 154 valence electrons. The quantitative estimate of drug-likeness (QED) is 0.468. The van der Waals surface area contributed by atoms with Crippen LogP contribution in [0, 0.1) is 17.6 Å². The van der Waals surface area contributed by atoms with E-state index in [4.69, 9.17) is 16.3 Å². The molecule has 2 rings (SSSR count). The molecule has 0 radical (unpaired) electrons. The molecule has 10 heteroatoms. The monoisotopic (exact) mass is 424 g/mol. The molecule has 28 heavy (non-hydrogen) atoms. The van der Waals surface area contributed by atoms with E-state index in [1.807, 2.05) is 0 Å². The number of rotatable bonds is 6. The van der Waals surface area contributed by atoms with Crippen LogP contribution in [0.5, 0.6) is 0 Å². The highest BCUT2D eigenvalue weighted by molar-refractivity contribution is 6.32. The second kappa shape index (κ2) is 8.46. The average molecular weight is 425 g/mol. The molecule has 1 aromatic heterocycles. The number of benzene rings is 1. The Bertz CT molecular complexity index is 857. The van der Waals surface area contributed by atoms with E-state index in [2.05, 4.69) is 4.98 Å². The molecule has 0 aliphatic carbocycles. The van der Waals surface area contributed by atoms with Crippen LogP contribution in [0.3, 0.4) is 0 Å². The molecule has 0 saturated heterocycles. The van der Waals surface area contributed by atoms with Crippen LogP contribution in [0.4, 0.5) is 22.0 Å². The first kappa shape index (κ1) is 22.1. The van der Waals surface area contributed by atoms with Crippen LogP contribution in [0.1, 0.15) is 42.6 Å². The lowest BCUT2D eigenvalue weighted by atomic mass is 10.00. The van der Waals surface area contributed by atoms with Gasteiger partial charge < -0.3 is 4.74 Å². The number of carbonyl (C=O) groups is 1. The number of alkyl halides is 3. The zero-order valence-electron chi connectivity index (χ0n) is 15.3. The highest BCUT2D eigenvalue weighted by Crippen LogP contribution is 2.32. The van der Waals surface area contributed by atoms with Crippen molar-refractivity contribution < 1.29 is 31.5 Å². The lowest BCUT2D eigenvalue weighted by molar-refractivity contribution is -0.169. The van der Waals surface area contributed by atoms with Crippen molar-refractivity contribution >= 4 is 17.6 Å². The number of nitrogens with zero attached hydrogens (tertiary/aromatic N) is 2. The fourth-order valence-electron chi connectivity index (χ4n) is 2.66. The SMILES string of the molecule is CCOC(=O)c1nc(CC)n(-c2c(F)cc(CC(C)C(F)(F)F)cc2F)c1Cl. The maximum atomic E-state index is 14.7. The zero-order chi connectivity index (χ0) is 21.2. The van der Waals surface area contributed by atoms with Crippen molar-refractivity contribution in [3.8, 4) is 5.69 Å². The molecule has 1 heterocycles. The zero-order valence-corrected chi connectivity index (χ0v) is 16.1. The summed E-state index contributed by atoms with van der Waals surface area (Å²) in [7, 11) is 0. The molecule has 2 aromatic rings. The molecule has 4 nitrogen and oxygen atoms in total. The normalized spacial score (nSPS) is 12.9. The molecule has 0 N–H and O–H groups in total. The Morgan fingerprint density at radius 3 is 2.29 bits per heavy atom. The van der Waals surface area contributed by atoms with Crippen LogP contribution in [0.2, 0.25) is 5.15 Å². The third-order valence-electron chi connectivity index (χ3n) is 4.08. The Morgan fingerprint density at radius 2 is 1.82 bits per heavy atom. The second-order valence-electron chi connectivity index (χ2n) is 6.13. The van der Waals surface area contributed by atoms with Crippen LogP contribution in [0.25, 0.3) is 5.69 Å². The number of imidazole rings is 1. The number of esters is 1. The van der Waals surface area contributed by atoms with Crippen LogP contribution < -0.4 is 0 Å². The summed E-state index contributed by atoms with van der Waals surface area (Å²) < 4.78 is 73.2. The Kier molecular flexibility index (Phi) is 6.69. The van der Waals surface area contributed by atoms with Gasteiger partial charge in [0.25, 0.3) is 0 Å². The molecule has 0 amide bonds. The molecule has 0 spiro atoms. The fourth-order valence-corrected chi connectivity index (χ4v) is 2.96. The van der Waals surface area contributed by atoms with Gasteiger partial charge in [0.15, 0.2) is 17.3 Å². The minimum absolute atomic E-state index is 0.0539. The minimum atomic E-state index is -4.48. The van der Waals surface area contributed by atoms with Crippen molar-refractivity contribution in [1.82, 2.24) is 9.55 Å². The van der Waals surface area contributed by atoms with Gasteiger partial charge in [0.05, 0.1) is 12.5 Å². The van der Waals surface area contributed by atoms with E-state index in [-0.39, 0.29) is 35.3 Å². The molecular weight excluding hydrogens is 407 g/mol. The first-order valence-electron chi connectivity index (χ1n) is 8.50. The summed E-state index contributed by atoms with van der Waals surface area (Å²) in [5.74, 6) is -4.75. The van der Waals surface area contributed by atoms with Gasteiger partial charge in [-0.2, -0.15) is 13.2 Å². The van der Waals surface area contributed by atoms with Crippen LogP contribution in [0.15, 0.2) is 12.1 Å². The molecule has 1 atom stereocenters. The Labute approximate surface area is 163 Å². The number of hydrogen-bond donors (Lipinski definition) is 0. The van der Waals surface area contributed by atoms with Crippen LogP contribution in [-0.4, -0.2) is 28.3 Å². The molecule has 1 unspecified atom stereocenters. The summed E-state index contributed by atoms with van der Waals surface area (Å²) in [6, 6.07) is 1.64. The van der Waals surface area contributed by atoms with Crippen molar-refractivity contribution in [2.24, 2.45) is 5.92 Å². The largest absolute Gasteiger partial charge is 0.461 e. The van der Waals surface area contributed by atoms with Crippen molar-refractivity contribution in [2.45, 2.75) is 39.8 Å². The fraction of sp³-hybridized carbons (Fsp3) is 0.444. The van der Waals surface area contributed by atoms with E-state index in [1.54, 1.807) is 13.8 Å². The van der Waals surface area contributed by atoms with Gasteiger partial charge >= 0.3 is 12.1 Å². The van der Waals surface area contributed by atoms with Gasteiger partial charge in [-0.1, -0.05) is 25.4 Å². The Morgan fingerprint density at radius 1 is 1.25 bits per heavy atom. The smallest absolute Gasteiger partial charge is 0.391 e. The molecular formula is C18H18ClF5N2O2. The maximum Gasteiger partial charge on any atom is 0.391 e. The number of halogens is 6. The number of aromatic nitrogens is 2. The number of hydrogen-bond acceptors (Lipinski definition) is 3. The van der Waals surface area contributed by atoms with Gasteiger partial charge in [-0.15, -0.1) is 0 Å². The summed E-state index contributed by atoms with van der Waals surface area (Å²) in [6.45, 7) is 4.19. The van der Waals surface area contributed by atoms with Gasteiger partial charge in [-0.3, -0.25) is 4.57 Å². The lowest BCUT2D eigenvalue weighted by Gasteiger charge is -2.17. The molecule has 0 aliphatic heterocycles.